The van der Waals surface area contributed by atoms with Crippen LogP contribution in [0.1, 0.15) is 41.2 Å². The lowest BCUT2D eigenvalue weighted by molar-refractivity contribution is -0.0372. The Morgan fingerprint density at radius 1 is 0.826 bits per heavy atom. The Hall–Kier alpha value is -3.92. The van der Waals surface area contributed by atoms with Crippen LogP contribution in [0, 0.1) is 35.2 Å². The van der Waals surface area contributed by atoms with E-state index in [1.807, 2.05) is 0 Å². The second-order valence-electron chi connectivity index (χ2n) is 11.0. The summed E-state index contributed by atoms with van der Waals surface area (Å²) in [6, 6.07) is 11.9. The molecule has 2 aliphatic rings. The molecule has 3 aromatic rings. The quantitative estimate of drug-likeness (QED) is 0.192. The van der Waals surface area contributed by atoms with Gasteiger partial charge < -0.3 is 9.47 Å². The van der Waals surface area contributed by atoms with Crippen LogP contribution < -0.4 is 0 Å². The van der Waals surface area contributed by atoms with Crippen molar-refractivity contribution in [3.05, 3.63) is 124 Å². The molecule has 2 nitrogen and oxygen atoms in total. The summed E-state index contributed by atoms with van der Waals surface area (Å²) in [7, 11) is -8.66. The summed E-state index contributed by atoms with van der Waals surface area (Å²) in [5, 5.41) is 0. The highest BCUT2D eigenvalue weighted by atomic mass is 32.5. The predicted octanol–water partition coefficient (Wildman–Crippen LogP) is 10.8. The fourth-order valence-electron chi connectivity index (χ4n) is 5.28. The van der Waals surface area contributed by atoms with Crippen LogP contribution in [0.15, 0.2) is 83.8 Å². The molecule has 3 unspecified atom stereocenters. The molecule has 0 N–H and O–H groups in total. The Bertz CT molecular complexity index is 1810. The van der Waals surface area contributed by atoms with Crippen molar-refractivity contribution in [2.45, 2.75) is 25.1 Å². The van der Waals surface area contributed by atoms with E-state index in [-0.39, 0.29) is 51.6 Å². The van der Waals surface area contributed by atoms with E-state index in [9.17, 15) is 32.6 Å². The Morgan fingerprint density at radius 3 is 2.20 bits per heavy atom. The highest BCUT2D eigenvalue weighted by Gasteiger charge is 2.68. The fraction of sp³-hybridized carbons (Fsp3) is 0.235. The third-order valence-electron chi connectivity index (χ3n) is 7.63. The summed E-state index contributed by atoms with van der Waals surface area (Å²) in [5.74, 6) is 3.14. The normalized spacial score (nSPS) is 21.7. The Kier molecular flexibility index (Phi) is 8.74. The molecular weight excluding hydrogens is 643 g/mol. The molecule has 3 atom stereocenters. The molecule has 0 radical (unpaired) electrons. The van der Waals surface area contributed by atoms with Crippen molar-refractivity contribution in [2.75, 3.05) is 20.3 Å². The Labute approximate surface area is 259 Å². The van der Waals surface area contributed by atoms with Gasteiger partial charge in [0.05, 0.1) is 24.9 Å². The van der Waals surface area contributed by atoms with Gasteiger partial charge in [-0.05, 0) is 72.0 Å². The molecule has 46 heavy (non-hydrogen) atoms. The van der Waals surface area contributed by atoms with Gasteiger partial charge in [0.1, 0.15) is 22.4 Å². The van der Waals surface area contributed by atoms with Crippen molar-refractivity contribution < 1.29 is 46.5 Å². The first-order chi connectivity index (χ1) is 21.5. The van der Waals surface area contributed by atoms with E-state index >= 15 is 4.39 Å². The number of alkyl halides is 1. The zero-order chi connectivity index (χ0) is 33.3. The maximum absolute atomic E-state index is 15.1. The lowest BCUT2D eigenvalue weighted by Crippen LogP contribution is -2.24. The van der Waals surface area contributed by atoms with Gasteiger partial charge in [0, 0.05) is 29.7 Å². The van der Waals surface area contributed by atoms with E-state index in [1.165, 1.54) is 24.3 Å². The third kappa shape index (κ3) is 7.71. The molecule has 3 aromatic carbocycles. The maximum atomic E-state index is 15.1. The topological polar surface area (TPSA) is 18.5 Å². The molecule has 1 aliphatic heterocycles. The molecule has 1 saturated heterocycles. The Morgan fingerprint density at radius 2 is 1.57 bits per heavy atom. The minimum atomic E-state index is -10.3. The molecule has 1 fully saturated rings. The van der Waals surface area contributed by atoms with Crippen molar-refractivity contribution in [2.24, 2.45) is 5.92 Å². The van der Waals surface area contributed by atoms with E-state index in [1.54, 1.807) is 19.2 Å². The molecular formula is C34H27F9O2S. The van der Waals surface area contributed by atoms with Gasteiger partial charge in [0.15, 0.2) is 6.17 Å². The van der Waals surface area contributed by atoms with Crippen LogP contribution in [0.25, 0.3) is 16.7 Å². The summed E-state index contributed by atoms with van der Waals surface area (Å²) >= 11 is 0. The molecule has 12 heteroatoms. The monoisotopic (exact) mass is 670 g/mol. The number of hydrogen-bond donors (Lipinski definition) is 0. The zero-order valence-corrected chi connectivity index (χ0v) is 25.0. The summed E-state index contributed by atoms with van der Waals surface area (Å²) in [6.45, 7) is 1.11. The summed E-state index contributed by atoms with van der Waals surface area (Å²) in [6.07, 6.45) is -0.269. The lowest BCUT2D eigenvalue weighted by atomic mass is 9.93. The zero-order valence-electron chi connectivity index (χ0n) is 24.2. The van der Waals surface area contributed by atoms with Gasteiger partial charge in [-0.3, -0.25) is 0 Å². The number of hydrogen-bond acceptors (Lipinski definition) is 2. The van der Waals surface area contributed by atoms with Crippen LogP contribution in [0.4, 0.5) is 37.0 Å². The number of ether oxygens (including phenoxy) is 2. The second-order valence-corrected chi connectivity index (χ2v) is 13.4. The van der Waals surface area contributed by atoms with Gasteiger partial charge in [-0.1, -0.05) is 67.7 Å². The molecule has 0 spiro atoms. The van der Waals surface area contributed by atoms with Crippen molar-refractivity contribution in [1.82, 2.24) is 0 Å². The van der Waals surface area contributed by atoms with Crippen LogP contribution in [-0.4, -0.2) is 26.5 Å². The van der Waals surface area contributed by atoms with E-state index in [0.29, 0.717) is 30.8 Å². The maximum Gasteiger partial charge on any atom is 0.310 e. The second kappa shape index (κ2) is 12.0. The molecule has 1 heterocycles. The van der Waals surface area contributed by atoms with Gasteiger partial charge in [-0.2, -0.15) is 0 Å². The first-order valence-electron chi connectivity index (χ1n) is 14.0. The van der Waals surface area contributed by atoms with Crippen LogP contribution in [-0.2, 0) is 9.47 Å². The van der Waals surface area contributed by atoms with Gasteiger partial charge in [-0.15, -0.1) is 0 Å². The SMILES string of the molecule is COCC1CCC(c2ccc(-c3ccc(C#Cc4ccc(C5=CC=C(S(F)(F)(F)(F)F)C(F)C=C5)c(F)c4)c(F)c3)c(F)c2)OC1. The summed E-state index contributed by atoms with van der Waals surface area (Å²) in [4.78, 5) is -2.63. The van der Waals surface area contributed by atoms with Gasteiger partial charge >= 0.3 is 10.2 Å². The largest absolute Gasteiger partial charge is 0.384 e. The number of rotatable bonds is 6. The highest BCUT2D eigenvalue weighted by Crippen LogP contribution is 3.02. The molecule has 244 valence electrons. The molecule has 1 aliphatic carbocycles. The van der Waals surface area contributed by atoms with Crippen LogP contribution in [0.5, 0.6) is 0 Å². The Balaban J connectivity index is 1.31. The molecule has 5 rings (SSSR count). The van der Waals surface area contributed by atoms with Crippen LogP contribution >= 0.6 is 10.2 Å². The minimum absolute atomic E-state index is 0.0645. The van der Waals surface area contributed by atoms with E-state index in [0.717, 1.165) is 37.1 Å². The molecule has 0 bridgehead atoms. The summed E-state index contributed by atoms with van der Waals surface area (Å²) < 4.78 is 136. The van der Waals surface area contributed by atoms with Crippen LogP contribution in [0.3, 0.4) is 0 Å². The summed E-state index contributed by atoms with van der Waals surface area (Å²) in [5.41, 5.74) is 0.564. The van der Waals surface area contributed by atoms with Gasteiger partial charge in [-0.25, -0.2) is 17.6 Å². The van der Waals surface area contributed by atoms with Crippen LogP contribution in [0.2, 0.25) is 0 Å². The molecule has 0 aromatic heterocycles. The van der Waals surface area contributed by atoms with E-state index in [2.05, 4.69) is 11.8 Å². The number of benzene rings is 3. The number of allylic oxidation sites excluding steroid dienone is 6. The first-order valence-corrected chi connectivity index (χ1v) is 16.0. The van der Waals surface area contributed by atoms with E-state index in [4.69, 9.17) is 9.47 Å². The van der Waals surface area contributed by atoms with E-state index < -0.39 is 38.8 Å². The lowest BCUT2D eigenvalue weighted by Gasteiger charge is -2.42. The predicted molar refractivity (Wildman–Crippen MR) is 161 cm³/mol. The molecule has 0 amide bonds. The highest BCUT2D eigenvalue weighted by molar-refractivity contribution is 8.48. The average molecular weight is 671 g/mol. The van der Waals surface area contributed by atoms with Gasteiger partial charge in [0.25, 0.3) is 0 Å². The molecule has 0 saturated carbocycles. The first kappa shape index (κ1) is 33.4. The van der Waals surface area contributed by atoms with Gasteiger partial charge in [0.2, 0.25) is 0 Å². The smallest absolute Gasteiger partial charge is 0.310 e. The number of halogens is 9. The van der Waals surface area contributed by atoms with Crippen molar-refractivity contribution >= 4 is 15.8 Å². The fourth-order valence-corrected chi connectivity index (χ4v) is 6.10. The average Bonchev–Trinajstić information content (AvgIpc) is 3.18. The number of methoxy groups -OCH3 is 1. The standard InChI is InChI=1S/C34H27F9O2S/c1-44-19-22-4-14-33(45-20-22)26-8-12-28(32(38)18-26)25-7-6-24(30(36)17-25)5-2-21-3-11-27(31(37)16-21)23-9-13-29(35)34(15-10-23)46(39,40,41,42)43/h3,6-13,15-18,22,29,33H,4,14,19-20H2,1H3. The van der Waals surface area contributed by atoms with Crippen molar-refractivity contribution in [3.8, 4) is 23.0 Å². The van der Waals surface area contributed by atoms with Crippen molar-refractivity contribution in [3.63, 3.8) is 0 Å². The van der Waals surface area contributed by atoms with Crippen molar-refractivity contribution in [1.29, 1.82) is 0 Å². The minimum Gasteiger partial charge on any atom is -0.384 e. The third-order valence-corrected chi connectivity index (χ3v) is 8.88.